The Hall–Kier alpha value is -1.14. The molecule has 6 heteroatoms. The van der Waals surface area contributed by atoms with Crippen LogP contribution in [0.5, 0.6) is 5.75 Å². The zero-order chi connectivity index (χ0) is 13.1. The van der Waals surface area contributed by atoms with Crippen molar-refractivity contribution in [2.75, 3.05) is 13.7 Å². The highest BCUT2D eigenvalue weighted by atomic mass is 79.9. The quantitative estimate of drug-likeness (QED) is 0.865. The van der Waals surface area contributed by atoms with Crippen molar-refractivity contribution in [2.24, 2.45) is 0 Å². The van der Waals surface area contributed by atoms with Crippen molar-refractivity contribution in [2.45, 2.75) is 18.6 Å². The second kappa shape index (κ2) is 5.67. The molecule has 1 aromatic carbocycles. The van der Waals surface area contributed by atoms with Crippen molar-refractivity contribution in [3.05, 3.63) is 28.5 Å². The molecule has 18 heavy (non-hydrogen) atoms. The first-order chi connectivity index (χ1) is 8.60. The maximum absolute atomic E-state index is 13.3. The molecular formula is C12H13BrFNO3. The van der Waals surface area contributed by atoms with Gasteiger partial charge in [-0.05, 0) is 28.1 Å². The smallest absolute Gasteiger partial charge is 0.323 e. The third-order valence-electron chi connectivity index (χ3n) is 2.77. The Labute approximate surface area is 113 Å². The van der Waals surface area contributed by atoms with Crippen LogP contribution in [-0.4, -0.2) is 31.8 Å². The summed E-state index contributed by atoms with van der Waals surface area (Å²) in [5.41, 5.74) is 0. The number of carbonyl (C=O) groups is 1. The largest absolute Gasteiger partial charge is 0.489 e. The molecular weight excluding hydrogens is 305 g/mol. The van der Waals surface area contributed by atoms with Crippen LogP contribution in [0.2, 0.25) is 0 Å². The number of ether oxygens (including phenoxy) is 2. The summed E-state index contributed by atoms with van der Waals surface area (Å²) in [6.45, 7) is 0.539. The van der Waals surface area contributed by atoms with Crippen molar-refractivity contribution in [1.82, 2.24) is 5.32 Å². The molecule has 1 aromatic rings. The Morgan fingerprint density at radius 1 is 1.56 bits per heavy atom. The number of esters is 1. The lowest BCUT2D eigenvalue weighted by atomic mass is 10.2. The molecule has 2 rings (SSSR count). The highest BCUT2D eigenvalue weighted by Crippen LogP contribution is 2.23. The molecule has 1 fully saturated rings. The third-order valence-corrected chi connectivity index (χ3v) is 3.41. The Balaban J connectivity index is 1.95. The van der Waals surface area contributed by atoms with Gasteiger partial charge < -0.3 is 14.8 Å². The van der Waals surface area contributed by atoms with Gasteiger partial charge in [-0.15, -0.1) is 0 Å². The van der Waals surface area contributed by atoms with Gasteiger partial charge in [0.15, 0.2) is 0 Å². The molecule has 4 nitrogen and oxygen atoms in total. The molecule has 1 heterocycles. The lowest BCUT2D eigenvalue weighted by molar-refractivity contribution is -0.142. The minimum absolute atomic E-state index is 0.158. The Morgan fingerprint density at radius 2 is 2.33 bits per heavy atom. The summed E-state index contributed by atoms with van der Waals surface area (Å²) >= 11 is 3.08. The van der Waals surface area contributed by atoms with E-state index in [4.69, 9.17) is 4.74 Å². The molecule has 1 aliphatic heterocycles. The van der Waals surface area contributed by atoms with E-state index in [1.54, 1.807) is 12.1 Å². The molecule has 1 N–H and O–H groups in total. The number of rotatable bonds is 3. The Kier molecular flexibility index (Phi) is 4.19. The fraction of sp³-hybridized carbons (Fsp3) is 0.417. The van der Waals surface area contributed by atoms with Crippen LogP contribution in [0.4, 0.5) is 4.39 Å². The lowest BCUT2D eigenvalue weighted by Gasteiger charge is -2.13. The van der Waals surface area contributed by atoms with Crippen molar-refractivity contribution < 1.29 is 18.7 Å². The van der Waals surface area contributed by atoms with E-state index in [1.807, 2.05) is 0 Å². The van der Waals surface area contributed by atoms with Crippen molar-refractivity contribution in [1.29, 1.82) is 0 Å². The molecule has 2 atom stereocenters. The number of methoxy groups -OCH3 is 1. The van der Waals surface area contributed by atoms with Gasteiger partial charge in [0.2, 0.25) is 0 Å². The summed E-state index contributed by atoms with van der Waals surface area (Å²) in [5.74, 6) is -0.223. The molecule has 0 spiro atoms. The van der Waals surface area contributed by atoms with Crippen molar-refractivity contribution in [3.8, 4) is 5.75 Å². The molecule has 98 valence electrons. The second-order valence-corrected chi connectivity index (χ2v) is 4.89. The molecule has 0 saturated carbocycles. The van der Waals surface area contributed by atoms with Crippen LogP contribution < -0.4 is 10.1 Å². The summed E-state index contributed by atoms with van der Waals surface area (Å²) in [6, 6.07) is 4.24. The third kappa shape index (κ3) is 3.00. The summed E-state index contributed by atoms with van der Waals surface area (Å²) in [5, 5.41) is 3.00. The molecule has 1 saturated heterocycles. The number of halogens is 2. The van der Waals surface area contributed by atoms with Gasteiger partial charge in [0.05, 0.1) is 11.6 Å². The Morgan fingerprint density at radius 3 is 3.00 bits per heavy atom. The number of nitrogens with one attached hydrogen (secondary N) is 1. The van der Waals surface area contributed by atoms with Crippen LogP contribution in [0.25, 0.3) is 0 Å². The number of hydrogen-bond donors (Lipinski definition) is 1. The zero-order valence-corrected chi connectivity index (χ0v) is 11.4. The zero-order valence-electron chi connectivity index (χ0n) is 9.78. The topological polar surface area (TPSA) is 47.6 Å². The maximum atomic E-state index is 13.3. The predicted molar refractivity (Wildman–Crippen MR) is 66.9 cm³/mol. The minimum Gasteiger partial charge on any atom is -0.489 e. The van der Waals surface area contributed by atoms with E-state index in [9.17, 15) is 9.18 Å². The highest BCUT2D eigenvalue weighted by molar-refractivity contribution is 9.10. The van der Waals surface area contributed by atoms with E-state index in [-0.39, 0.29) is 23.9 Å². The van der Waals surface area contributed by atoms with Crippen LogP contribution in [0.15, 0.2) is 22.7 Å². The molecule has 0 bridgehead atoms. The first-order valence-corrected chi connectivity index (χ1v) is 6.32. The fourth-order valence-electron chi connectivity index (χ4n) is 1.86. The molecule has 1 aliphatic rings. The van der Waals surface area contributed by atoms with Gasteiger partial charge in [-0.2, -0.15) is 0 Å². The standard InChI is InChI=1S/C12H13BrFNO3/c1-17-12(16)11-5-8(6-15-11)18-7-2-3-9(13)10(14)4-7/h2-4,8,11,15H,5-6H2,1H3. The first-order valence-electron chi connectivity index (χ1n) is 5.53. The van der Waals surface area contributed by atoms with Crippen LogP contribution in [0.3, 0.4) is 0 Å². The van der Waals surface area contributed by atoms with E-state index in [2.05, 4.69) is 26.0 Å². The van der Waals surface area contributed by atoms with E-state index in [0.29, 0.717) is 23.2 Å². The minimum atomic E-state index is -0.372. The fourth-order valence-corrected chi connectivity index (χ4v) is 2.10. The van der Waals surface area contributed by atoms with Gasteiger partial charge in [0.25, 0.3) is 0 Å². The molecule has 0 amide bonds. The van der Waals surface area contributed by atoms with Gasteiger partial charge in [-0.3, -0.25) is 4.79 Å². The SMILES string of the molecule is COC(=O)C1CC(Oc2ccc(Br)c(F)c2)CN1. The predicted octanol–water partition coefficient (Wildman–Crippen LogP) is 1.87. The Bertz CT molecular complexity index is 455. The van der Waals surface area contributed by atoms with Crippen LogP contribution in [-0.2, 0) is 9.53 Å². The second-order valence-electron chi connectivity index (χ2n) is 4.04. The number of hydrogen-bond acceptors (Lipinski definition) is 4. The summed E-state index contributed by atoms with van der Waals surface area (Å²) in [7, 11) is 1.35. The average Bonchev–Trinajstić information content (AvgIpc) is 2.81. The average molecular weight is 318 g/mol. The highest BCUT2D eigenvalue weighted by Gasteiger charge is 2.31. The van der Waals surface area contributed by atoms with Gasteiger partial charge in [-0.1, -0.05) is 0 Å². The van der Waals surface area contributed by atoms with Crippen LogP contribution >= 0.6 is 15.9 Å². The van der Waals surface area contributed by atoms with Gasteiger partial charge in [0, 0.05) is 19.0 Å². The first kappa shape index (κ1) is 13.3. The van der Waals surface area contributed by atoms with Gasteiger partial charge in [-0.25, -0.2) is 4.39 Å². The molecule has 2 unspecified atom stereocenters. The number of benzene rings is 1. The molecule has 0 aliphatic carbocycles. The van der Waals surface area contributed by atoms with Crippen molar-refractivity contribution in [3.63, 3.8) is 0 Å². The van der Waals surface area contributed by atoms with E-state index in [0.717, 1.165) is 0 Å². The number of carbonyl (C=O) groups excluding carboxylic acids is 1. The normalized spacial score (nSPS) is 22.8. The summed E-state index contributed by atoms with van der Waals surface area (Å²) in [6.07, 6.45) is 0.361. The van der Waals surface area contributed by atoms with Gasteiger partial charge in [0.1, 0.15) is 23.7 Å². The van der Waals surface area contributed by atoms with Crippen LogP contribution in [0.1, 0.15) is 6.42 Å². The van der Waals surface area contributed by atoms with E-state index in [1.165, 1.54) is 13.2 Å². The lowest BCUT2D eigenvalue weighted by Crippen LogP contribution is -2.31. The van der Waals surface area contributed by atoms with Crippen molar-refractivity contribution >= 4 is 21.9 Å². The van der Waals surface area contributed by atoms with Gasteiger partial charge >= 0.3 is 5.97 Å². The monoisotopic (exact) mass is 317 g/mol. The summed E-state index contributed by atoms with van der Waals surface area (Å²) in [4.78, 5) is 11.3. The molecule has 0 aromatic heterocycles. The maximum Gasteiger partial charge on any atom is 0.323 e. The van der Waals surface area contributed by atoms with E-state index >= 15 is 0 Å². The van der Waals surface area contributed by atoms with E-state index < -0.39 is 0 Å². The van der Waals surface area contributed by atoms with Crippen LogP contribution in [0, 0.1) is 5.82 Å². The summed E-state index contributed by atoms with van der Waals surface area (Å²) < 4.78 is 23.9. The molecule has 0 radical (unpaired) electrons.